The zero-order chi connectivity index (χ0) is 39.8. The molecule has 0 fully saturated rings. The predicted molar refractivity (Wildman–Crippen MR) is 254 cm³/mol. The first-order valence-corrected chi connectivity index (χ1v) is 20.6. The second-order valence-corrected chi connectivity index (χ2v) is 15.3. The van der Waals surface area contributed by atoms with Crippen LogP contribution < -0.4 is 4.90 Å². The lowest BCUT2D eigenvalue weighted by Gasteiger charge is -2.26. The highest BCUT2D eigenvalue weighted by atomic mass is 15.1. The quantitative estimate of drug-likeness (QED) is 0.150. The van der Waals surface area contributed by atoms with E-state index in [1.165, 1.54) is 77.4 Å². The van der Waals surface area contributed by atoms with E-state index in [9.17, 15) is 0 Å². The smallest absolute Gasteiger partial charge is 0.0553 e. The van der Waals surface area contributed by atoms with E-state index >= 15 is 0 Å². The van der Waals surface area contributed by atoms with Gasteiger partial charge in [-0.1, -0.05) is 188 Å². The van der Waals surface area contributed by atoms with E-state index in [1.54, 1.807) is 0 Å². The molecule has 0 N–H and O–H groups in total. The Bertz CT molecular complexity index is 3270. The maximum Gasteiger partial charge on any atom is 0.0553 e. The van der Waals surface area contributed by atoms with Gasteiger partial charge < -0.3 is 9.30 Å². The summed E-state index contributed by atoms with van der Waals surface area (Å²) in [5, 5.41) is 2.49. The molecule has 0 spiro atoms. The number of aromatic nitrogens is 1. The Kier molecular flexibility index (Phi) is 8.87. The number of hydrogen-bond donors (Lipinski definition) is 0. The van der Waals surface area contributed by atoms with Crippen LogP contribution in [0.5, 0.6) is 0 Å². The maximum absolute atomic E-state index is 2.44. The van der Waals surface area contributed by atoms with E-state index in [2.05, 4.69) is 252 Å². The van der Waals surface area contributed by atoms with Crippen molar-refractivity contribution in [1.29, 1.82) is 0 Å². The molecular formula is C58H40N2. The van der Waals surface area contributed by atoms with Gasteiger partial charge in [0, 0.05) is 33.4 Å². The molecule has 0 saturated heterocycles. The summed E-state index contributed by atoms with van der Waals surface area (Å²) in [4.78, 5) is 2.35. The van der Waals surface area contributed by atoms with E-state index in [4.69, 9.17) is 0 Å². The molecule has 2 nitrogen and oxygen atoms in total. The van der Waals surface area contributed by atoms with E-state index in [0.717, 1.165) is 22.6 Å². The Balaban J connectivity index is 0.972. The fraction of sp³-hybridized carbons (Fsp3) is 0. The third-order valence-corrected chi connectivity index (χ3v) is 11.8. The highest BCUT2D eigenvalue weighted by molar-refractivity contribution is 6.11. The van der Waals surface area contributed by atoms with Crippen LogP contribution in [0, 0.1) is 0 Å². The molecule has 282 valence electrons. The molecule has 2 aromatic heterocycles. The van der Waals surface area contributed by atoms with Gasteiger partial charge in [-0.25, -0.2) is 0 Å². The number of para-hydroxylation sites is 3. The minimum atomic E-state index is 1.10. The summed E-state index contributed by atoms with van der Waals surface area (Å²) >= 11 is 0. The number of hydrogen-bond acceptors (Lipinski definition) is 1. The third kappa shape index (κ3) is 6.23. The van der Waals surface area contributed by atoms with Gasteiger partial charge in [-0.3, -0.25) is 0 Å². The van der Waals surface area contributed by atoms with E-state index in [1.807, 2.05) is 0 Å². The van der Waals surface area contributed by atoms with Crippen LogP contribution in [0.15, 0.2) is 243 Å². The van der Waals surface area contributed by atoms with Crippen LogP contribution in [0.3, 0.4) is 0 Å². The van der Waals surface area contributed by atoms with Crippen molar-refractivity contribution in [3.8, 4) is 55.6 Å². The average molecular weight is 765 g/mol. The van der Waals surface area contributed by atoms with Crippen LogP contribution in [0.2, 0.25) is 0 Å². The van der Waals surface area contributed by atoms with Crippen molar-refractivity contribution >= 4 is 44.4 Å². The van der Waals surface area contributed by atoms with Gasteiger partial charge in [-0.05, 0) is 105 Å². The van der Waals surface area contributed by atoms with Gasteiger partial charge >= 0.3 is 0 Å². The van der Waals surface area contributed by atoms with Gasteiger partial charge in [-0.15, -0.1) is 0 Å². The second kappa shape index (κ2) is 15.1. The largest absolute Gasteiger partial charge is 0.310 e. The molecule has 0 radical (unpaired) electrons. The van der Waals surface area contributed by atoms with Gasteiger partial charge in [0.05, 0.1) is 16.6 Å². The van der Waals surface area contributed by atoms with E-state index < -0.39 is 0 Å². The lowest BCUT2D eigenvalue weighted by molar-refractivity contribution is 1.28. The third-order valence-electron chi connectivity index (χ3n) is 11.8. The van der Waals surface area contributed by atoms with Gasteiger partial charge in [-0.2, -0.15) is 0 Å². The zero-order valence-electron chi connectivity index (χ0n) is 33.0. The molecule has 2 heteroatoms. The van der Waals surface area contributed by atoms with Gasteiger partial charge in [0.15, 0.2) is 0 Å². The lowest BCUT2D eigenvalue weighted by Crippen LogP contribution is -2.09. The maximum atomic E-state index is 2.44. The van der Waals surface area contributed by atoms with Crippen molar-refractivity contribution < 1.29 is 0 Å². The molecule has 0 amide bonds. The van der Waals surface area contributed by atoms with Gasteiger partial charge in [0.25, 0.3) is 0 Å². The van der Waals surface area contributed by atoms with Gasteiger partial charge in [0.1, 0.15) is 0 Å². The highest BCUT2D eigenvalue weighted by Crippen LogP contribution is 2.42. The molecule has 0 bridgehead atoms. The summed E-state index contributed by atoms with van der Waals surface area (Å²) in [7, 11) is 0. The Hall–Kier alpha value is -7.94. The number of pyridine rings is 1. The number of anilines is 3. The molecule has 2 heterocycles. The summed E-state index contributed by atoms with van der Waals surface area (Å²) in [6.45, 7) is 0. The van der Waals surface area contributed by atoms with Gasteiger partial charge in [0.2, 0.25) is 0 Å². The molecule has 11 rings (SSSR count). The Morgan fingerprint density at radius 1 is 0.250 bits per heavy atom. The summed E-state index contributed by atoms with van der Waals surface area (Å²) < 4.78 is 2.44. The van der Waals surface area contributed by atoms with Crippen molar-refractivity contribution in [3.63, 3.8) is 0 Å². The van der Waals surface area contributed by atoms with Crippen LogP contribution in [0.4, 0.5) is 17.1 Å². The number of benzene rings is 9. The van der Waals surface area contributed by atoms with Crippen LogP contribution in [-0.2, 0) is 0 Å². The molecule has 0 aliphatic rings. The average Bonchev–Trinajstić information content (AvgIpc) is 3.67. The Morgan fingerprint density at radius 3 is 1.38 bits per heavy atom. The van der Waals surface area contributed by atoms with Crippen molar-refractivity contribution in [2.75, 3.05) is 4.90 Å². The summed E-state index contributed by atoms with van der Waals surface area (Å²) in [5.41, 5.74) is 19.0. The van der Waals surface area contributed by atoms with Crippen molar-refractivity contribution in [3.05, 3.63) is 243 Å². The molecule has 0 saturated carbocycles. The van der Waals surface area contributed by atoms with E-state index in [-0.39, 0.29) is 0 Å². The molecule has 0 unspecified atom stereocenters. The summed E-state index contributed by atoms with van der Waals surface area (Å²) in [6, 6.07) is 87.7. The molecule has 60 heavy (non-hydrogen) atoms. The minimum absolute atomic E-state index is 1.10. The van der Waals surface area contributed by atoms with Crippen molar-refractivity contribution in [2.24, 2.45) is 0 Å². The van der Waals surface area contributed by atoms with E-state index in [0.29, 0.717) is 0 Å². The van der Waals surface area contributed by atoms with Crippen LogP contribution in [0.1, 0.15) is 0 Å². The minimum Gasteiger partial charge on any atom is -0.310 e. The molecule has 9 aromatic carbocycles. The first-order chi connectivity index (χ1) is 29.8. The normalized spacial score (nSPS) is 11.3. The molecule has 0 aliphatic carbocycles. The van der Waals surface area contributed by atoms with Crippen molar-refractivity contribution in [1.82, 2.24) is 4.40 Å². The molecule has 0 aliphatic heterocycles. The first-order valence-electron chi connectivity index (χ1n) is 20.6. The van der Waals surface area contributed by atoms with Crippen LogP contribution in [0.25, 0.3) is 83.0 Å². The predicted octanol–water partition coefficient (Wildman–Crippen LogP) is 16.1. The number of nitrogens with zero attached hydrogens (tertiary/aromatic N) is 2. The highest BCUT2D eigenvalue weighted by Gasteiger charge is 2.19. The lowest BCUT2D eigenvalue weighted by atomic mass is 9.94. The van der Waals surface area contributed by atoms with Crippen LogP contribution in [-0.4, -0.2) is 4.40 Å². The molecule has 0 atom stereocenters. The topological polar surface area (TPSA) is 7.65 Å². The number of fused-ring (bicyclic) bond motifs is 5. The standard InChI is InChI=1S/C58H40N2/c1-4-17-42(18-5-1)50-25-10-11-26-51(50)43-35-37-48(38-36-43)59(47-22-8-3-9-23-47)49-24-16-21-46(39-49)41-31-33-44(34-32-41)54-40-57-58(45-19-6-2-7-20-45)53-28-13-15-30-56(53)60(57)55-29-14-12-27-52(54)55/h1-40H. The van der Waals surface area contributed by atoms with Crippen molar-refractivity contribution in [2.45, 2.75) is 0 Å². The summed E-state index contributed by atoms with van der Waals surface area (Å²) in [5.74, 6) is 0. The SMILES string of the molecule is c1ccc(-c2ccccc2-c2ccc(N(c3ccccc3)c3cccc(-c4ccc(-c5cc6c(-c7ccccc7)c7ccccc7n6c6ccccc56)cc4)c3)cc2)cc1. The zero-order valence-corrected chi connectivity index (χ0v) is 33.0. The fourth-order valence-corrected chi connectivity index (χ4v) is 9.00. The van der Waals surface area contributed by atoms with Crippen LogP contribution >= 0.6 is 0 Å². The molecular weight excluding hydrogens is 725 g/mol. The summed E-state index contributed by atoms with van der Waals surface area (Å²) in [6.07, 6.45) is 0. The first kappa shape index (κ1) is 35.2. The fourth-order valence-electron chi connectivity index (χ4n) is 9.00. The second-order valence-electron chi connectivity index (χ2n) is 15.3. The Labute approximate surface area is 350 Å². The molecule has 11 aromatic rings. The Morgan fingerprint density at radius 2 is 0.700 bits per heavy atom. The monoisotopic (exact) mass is 764 g/mol. The number of rotatable bonds is 8.